The summed E-state index contributed by atoms with van der Waals surface area (Å²) < 4.78 is 20.5. The lowest BCUT2D eigenvalue weighted by Gasteiger charge is -2.17. The summed E-state index contributed by atoms with van der Waals surface area (Å²) >= 11 is 0. The van der Waals surface area contributed by atoms with Crippen LogP contribution in [0.25, 0.3) is 0 Å². The van der Waals surface area contributed by atoms with Crippen LogP contribution in [0.4, 0.5) is 0 Å². The van der Waals surface area contributed by atoms with Gasteiger partial charge in [0, 0.05) is 7.05 Å². The third-order valence-electron chi connectivity index (χ3n) is 0.979. The van der Waals surface area contributed by atoms with Crippen LogP contribution in [-0.2, 0) is 9.13 Å². The fourth-order valence-electron chi connectivity index (χ4n) is 0.479. The molecule has 0 radical (unpaired) electrons. The summed E-state index contributed by atoms with van der Waals surface area (Å²) in [7, 11) is -4.27. The molecule has 0 fully saturated rings. The Morgan fingerprint density at radius 2 is 2.08 bits per heavy atom. The van der Waals surface area contributed by atoms with Crippen LogP contribution in [-0.4, -0.2) is 34.0 Å². The fourth-order valence-corrected chi connectivity index (χ4v) is 1.44. The van der Waals surface area contributed by atoms with Gasteiger partial charge in [0.05, 0.1) is 6.29 Å². The second-order valence-electron chi connectivity index (χ2n) is 2.03. The SMILES string of the molecule is CN(C[PH](=O)O)C(=N)N[PH](=O)O. The van der Waals surface area contributed by atoms with Gasteiger partial charge in [0.1, 0.15) is 0 Å². The lowest BCUT2D eigenvalue weighted by Crippen LogP contribution is -2.33. The minimum atomic E-state index is -2.95. The maximum Gasteiger partial charge on any atom is 0.282 e. The van der Waals surface area contributed by atoms with Crippen LogP contribution in [0.1, 0.15) is 0 Å². The Morgan fingerprint density at radius 3 is 2.42 bits per heavy atom. The molecular weight excluding hydrogens is 204 g/mol. The van der Waals surface area contributed by atoms with Gasteiger partial charge in [0.2, 0.25) is 8.03 Å². The van der Waals surface area contributed by atoms with Gasteiger partial charge in [-0.25, -0.2) is 0 Å². The molecule has 0 amide bonds. The van der Waals surface area contributed by atoms with Crippen molar-refractivity contribution in [3.63, 3.8) is 0 Å². The van der Waals surface area contributed by atoms with E-state index >= 15 is 0 Å². The molecule has 0 aliphatic heterocycles. The summed E-state index contributed by atoms with van der Waals surface area (Å²) in [5.41, 5.74) is 0. The number of hydrogen-bond acceptors (Lipinski definition) is 3. The largest absolute Gasteiger partial charge is 0.345 e. The van der Waals surface area contributed by atoms with E-state index in [1.807, 2.05) is 5.09 Å². The molecule has 0 aromatic heterocycles. The molecule has 0 saturated carbocycles. The van der Waals surface area contributed by atoms with Gasteiger partial charge in [-0.05, 0) is 0 Å². The Morgan fingerprint density at radius 1 is 1.58 bits per heavy atom. The third kappa shape index (κ3) is 5.32. The van der Waals surface area contributed by atoms with Crippen molar-refractivity contribution in [1.29, 1.82) is 5.41 Å². The molecule has 72 valence electrons. The molecule has 0 aliphatic rings. The lowest BCUT2D eigenvalue weighted by molar-refractivity contribution is 0.463. The van der Waals surface area contributed by atoms with E-state index in [0.717, 1.165) is 4.90 Å². The topological polar surface area (TPSA) is 114 Å². The first-order valence-electron chi connectivity index (χ1n) is 2.95. The molecule has 2 unspecified atom stereocenters. The van der Waals surface area contributed by atoms with E-state index < -0.39 is 16.2 Å². The van der Waals surface area contributed by atoms with E-state index in [0.29, 0.717) is 0 Å². The van der Waals surface area contributed by atoms with Crippen LogP contribution in [0.3, 0.4) is 0 Å². The zero-order valence-electron chi connectivity index (χ0n) is 6.37. The van der Waals surface area contributed by atoms with Crippen LogP contribution in [0.15, 0.2) is 0 Å². The highest BCUT2D eigenvalue weighted by Crippen LogP contribution is 2.14. The third-order valence-corrected chi connectivity index (χ3v) is 2.18. The number of nitrogens with one attached hydrogen (secondary N) is 2. The van der Waals surface area contributed by atoms with Crippen molar-refractivity contribution in [2.24, 2.45) is 0 Å². The highest BCUT2D eigenvalue weighted by Gasteiger charge is 2.06. The molecule has 2 atom stereocenters. The molecule has 0 aromatic carbocycles. The van der Waals surface area contributed by atoms with Gasteiger partial charge < -0.3 is 14.7 Å². The number of rotatable bonds is 3. The van der Waals surface area contributed by atoms with Gasteiger partial charge in [0.15, 0.2) is 5.96 Å². The van der Waals surface area contributed by atoms with Crippen molar-refractivity contribution < 1.29 is 18.9 Å². The minimum absolute atomic E-state index is 0.203. The monoisotopic (exact) mass is 215 g/mol. The molecule has 0 aromatic rings. The zero-order valence-corrected chi connectivity index (χ0v) is 8.37. The van der Waals surface area contributed by atoms with E-state index in [9.17, 15) is 9.13 Å². The molecule has 7 nitrogen and oxygen atoms in total. The first-order valence-corrected chi connectivity index (χ1v) is 5.86. The highest BCUT2D eigenvalue weighted by molar-refractivity contribution is 7.38. The first kappa shape index (κ1) is 11.6. The van der Waals surface area contributed by atoms with Crippen LogP contribution >= 0.6 is 16.2 Å². The zero-order chi connectivity index (χ0) is 9.72. The van der Waals surface area contributed by atoms with Gasteiger partial charge in [-0.1, -0.05) is 0 Å². The van der Waals surface area contributed by atoms with Gasteiger partial charge in [0.25, 0.3) is 8.18 Å². The Balaban J connectivity index is 3.93. The van der Waals surface area contributed by atoms with Crippen molar-refractivity contribution in [2.45, 2.75) is 0 Å². The van der Waals surface area contributed by atoms with Crippen LogP contribution in [0.2, 0.25) is 0 Å². The molecule has 0 rings (SSSR count). The second kappa shape index (κ2) is 5.32. The number of guanidine groups is 1. The summed E-state index contributed by atoms with van der Waals surface area (Å²) in [6.07, 6.45) is -0.203. The van der Waals surface area contributed by atoms with Crippen LogP contribution in [0, 0.1) is 5.41 Å². The first-order chi connectivity index (χ1) is 5.43. The van der Waals surface area contributed by atoms with E-state index in [2.05, 4.69) is 0 Å². The maximum absolute atomic E-state index is 10.3. The molecule has 4 N–H and O–H groups in total. The van der Waals surface area contributed by atoms with Crippen molar-refractivity contribution >= 4 is 22.2 Å². The van der Waals surface area contributed by atoms with Crippen LogP contribution in [0.5, 0.6) is 0 Å². The van der Waals surface area contributed by atoms with Gasteiger partial charge >= 0.3 is 0 Å². The highest BCUT2D eigenvalue weighted by atomic mass is 31.1. The average molecular weight is 215 g/mol. The van der Waals surface area contributed by atoms with Crippen LogP contribution < -0.4 is 5.09 Å². The smallest absolute Gasteiger partial charge is 0.282 e. The summed E-state index contributed by atoms with van der Waals surface area (Å²) in [5, 5.41) is 8.99. The second-order valence-corrected chi connectivity index (χ2v) is 3.99. The molecule has 0 heterocycles. The molecule has 0 spiro atoms. The average Bonchev–Trinajstić information content (AvgIpc) is 1.84. The predicted octanol–water partition coefficient (Wildman–Crippen LogP) is -0.751. The van der Waals surface area contributed by atoms with E-state index in [-0.39, 0.29) is 12.2 Å². The van der Waals surface area contributed by atoms with Crippen molar-refractivity contribution in [3.05, 3.63) is 0 Å². The standard InChI is InChI=1S/C3H11N3O4P2/c1-6(2-11(7)8)3(4)5-12(9)10/h11-12H,2H2,1H3,(H,7,8)(H3,4,5,9,10). The fraction of sp³-hybridized carbons (Fsp3) is 0.667. The number of nitrogens with zero attached hydrogens (tertiary/aromatic N) is 1. The summed E-state index contributed by atoms with van der Waals surface area (Å²) in [6, 6.07) is 0. The predicted molar refractivity (Wildman–Crippen MR) is 45.9 cm³/mol. The summed E-state index contributed by atoms with van der Waals surface area (Å²) in [5.74, 6) is -0.339. The van der Waals surface area contributed by atoms with E-state index in [1.165, 1.54) is 7.05 Å². The van der Waals surface area contributed by atoms with Gasteiger partial charge in [-0.2, -0.15) is 0 Å². The molecule has 0 saturated heterocycles. The molecule has 9 heteroatoms. The molecule has 12 heavy (non-hydrogen) atoms. The minimum Gasteiger partial charge on any atom is -0.345 e. The normalized spacial score (nSPS) is 14.9. The Bertz CT molecular complexity index is 220. The lowest BCUT2D eigenvalue weighted by atomic mass is 10.8. The Hall–Kier alpha value is -0.350. The van der Waals surface area contributed by atoms with E-state index in [1.54, 1.807) is 0 Å². The van der Waals surface area contributed by atoms with Crippen molar-refractivity contribution in [3.8, 4) is 0 Å². The Labute approximate surface area is 70.7 Å². The molecule has 0 bridgehead atoms. The summed E-state index contributed by atoms with van der Waals surface area (Å²) in [4.78, 5) is 17.9. The summed E-state index contributed by atoms with van der Waals surface area (Å²) in [6.45, 7) is 0. The van der Waals surface area contributed by atoms with Gasteiger partial charge in [-0.15, -0.1) is 0 Å². The molecule has 0 aliphatic carbocycles. The van der Waals surface area contributed by atoms with E-state index in [4.69, 9.17) is 15.2 Å². The maximum atomic E-state index is 10.3. The Kier molecular flexibility index (Phi) is 5.17. The van der Waals surface area contributed by atoms with Gasteiger partial charge in [-0.3, -0.25) is 19.6 Å². The molecular formula is C3H11N3O4P2. The van der Waals surface area contributed by atoms with Crippen molar-refractivity contribution in [1.82, 2.24) is 9.99 Å². The number of hydrogen-bond donors (Lipinski definition) is 4. The quantitative estimate of drug-likeness (QED) is 0.280. The van der Waals surface area contributed by atoms with Crippen molar-refractivity contribution in [2.75, 3.05) is 13.3 Å².